The van der Waals surface area contributed by atoms with E-state index in [9.17, 15) is 45.5 Å². The summed E-state index contributed by atoms with van der Waals surface area (Å²) in [6.45, 7) is 10.6. The Hall–Kier alpha value is -9.65. The molecule has 0 atom stereocenters. The third-order valence-electron chi connectivity index (χ3n) is 19.0. The second-order valence-corrected chi connectivity index (χ2v) is 27.3. The van der Waals surface area contributed by atoms with Crippen molar-refractivity contribution in [3.05, 3.63) is 186 Å². The maximum atomic E-state index is 13.4. The Morgan fingerprint density at radius 2 is 0.773 bits per heavy atom. The lowest BCUT2D eigenvalue weighted by Crippen LogP contribution is -2.39. The molecule has 21 nitrogen and oxygen atoms in total. The van der Waals surface area contributed by atoms with Gasteiger partial charge in [-0.3, -0.25) is 20.4 Å². The number of fused-ring (bicyclic) bond motifs is 4. The van der Waals surface area contributed by atoms with Gasteiger partial charge in [0.15, 0.2) is 23.3 Å². The molecular weight excluding hydrogens is 1320 g/mol. The summed E-state index contributed by atoms with van der Waals surface area (Å²) in [6, 6.07) is 15.8. The van der Waals surface area contributed by atoms with Crippen molar-refractivity contribution >= 4 is 62.8 Å². The van der Waals surface area contributed by atoms with E-state index >= 15 is 0 Å². The van der Waals surface area contributed by atoms with Crippen molar-refractivity contribution < 1.29 is 45.5 Å². The van der Waals surface area contributed by atoms with Crippen LogP contribution in [0.15, 0.2) is 77.3 Å². The van der Waals surface area contributed by atoms with Gasteiger partial charge in [0.25, 0.3) is 0 Å². The molecule has 4 aliphatic heterocycles. The van der Waals surface area contributed by atoms with Crippen molar-refractivity contribution in [1.82, 2.24) is 60.4 Å². The summed E-state index contributed by atoms with van der Waals surface area (Å²) < 4.78 is 79.5. The number of rotatable bonds is 7. The quantitative estimate of drug-likeness (QED) is 0.0704. The topological polar surface area (TPSA) is 268 Å². The summed E-state index contributed by atoms with van der Waals surface area (Å²) in [4.78, 5) is 56.8. The molecule has 3 aliphatic carbocycles. The predicted molar refractivity (Wildman–Crippen MR) is 353 cm³/mol. The van der Waals surface area contributed by atoms with E-state index in [4.69, 9.17) is 5.26 Å². The number of carbonyl (C=O) groups is 4. The number of carbonyl (C=O) groups excluding carboxylic acids is 4. The predicted octanol–water partition coefficient (Wildman–Crippen LogP) is 14.6. The van der Waals surface area contributed by atoms with Crippen molar-refractivity contribution in [3.63, 3.8) is 0 Å². The molecule has 7 aliphatic rings. The first-order chi connectivity index (χ1) is 46.6. The van der Waals surface area contributed by atoms with E-state index in [-0.39, 0.29) is 52.3 Å². The molecule has 0 unspecified atom stereocenters. The molecule has 508 valence electrons. The second-order valence-electron chi connectivity index (χ2n) is 26.5. The standard InChI is InChI=1S/C18H18FN5O.C17H18BrFN4O.C17H18F2N4O.C17H20F2N4O/c19-15-5-4-13(8-12(15)9-20)21-18(25)24-7-6-16-14(10-24)17(23-22-16)11-2-1-3-11;18-13-8-11(4-5-14(13)19)20-17(24)23-7-6-15-12(9-23)16(22-21-15)10-2-1-3-10;18-13-5-4-11(8-14(13)19)20-17(24)23-7-6-15-12(9-23)16(22-21-15)10-2-1-3-10;1-17(2,3)15-11-9-23(7-6-14(11)21-22-15)16(24)20-10-4-5-12(18)13(19)8-10/h4-5,8,11H,1-3,6-7,10H2,(H,21,25)(H,22,23);2*4-5,8,10H,1-3,6-7,9H2,(H,20,24)(H,21,22);4-5,8H,6-7,9H2,1-3H3,(H,20,24)(H,21,22). The molecule has 3 saturated carbocycles. The minimum Gasteiger partial charge on any atom is -0.320 e. The summed E-state index contributed by atoms with van der Waals surface area (Å²) >= 11 is 3.14. The number of hydrogen-bond acceptors (Lipinski definition) is 9. The van der Waals surface area contributed by atoms with Gasteiger partial charge in [0.05, 0.1) is 59.0 Å². The molecule has 8 aromatic rings. The first-order valence-corrected chi connectivity index (χ1v) is 33.5. The van der Waals surface area contributed by atoms with Gasteiger partial charge < -0.3 is 40.9 Å². The van der Waals surface area contributed by atoms with Crippen LogP contribution >= 0.6 is 15.9 Å². The highest BCUT2D eigenvalue weighted by molar-refractivity contribution is 9.10. The third-order valence-corrected chi connectivity index (χ3v) is 19.6. The van der Waals surface area contributed by atoms with Crippen LogP contribution in [0.5, 0.6) is 0 Å². The minimum atomic E-state index is -0.987. The summed E-state index contributed by atoms with van der Waals surface area (Å²) in [7, 11) is 0. The van der Waals surface area contributed by atoms with E-state index in [1.165, 1.54) is 74.1 Å². The maximum absolute atomic E-state index is 13.4. The Balaban J connectivity index is 0.000000123. The number of nitrogens with zero attached hydrogens (tertiary/aromatic N) is 9. The van der Waals surface area contributed by atoms with Crippen LogP contribution in [0.1, 0.15) is 170 Å². The Kier molecular flexibility index (Phi) is 20.1. The zero-order valence-electron chi connectivity index (χ0n) is 53.8. The first-order valence-electron chi connectivity index (χ1n) is 32.7. The second kappa shape index (κ2) is 29.0. The largest absolute Gasteiger partial charge is 0.322 e. The highest BCUT2D eigenvalue weighted by Crippen LogP contribution is 2.42. The molecule has 0 radical (unpaired) electrons. The van der Waals surface area contributed by atoms with Gasteiger partial charge in [0, 0.05) is 155 Å². The number of nitriles is 1. The van der Waals surface area contributed by atoms with Gasteiger partial charge in [0.1, 0.15) is 17.7 Å². The van der Waals surface area contributed by atoms with Crippen LogP contribution < -0.4 is 21.3 Å². The molecule has 15 rings (SSSR count). The average molecular weight is 1400 g/mol. The average Bonchev–Trinajstić information content (AvgIpc) is 1.67. The van der Waals surface area contributed by atoms with Crippen molar-refractivity contribution in [3.8, 4) is 6.07 Å². The molecule has 0 saturated heterocycles. The monoisotopic (exact) mass is 1400 g/mol. The molecule has 8 N–H and O–H groups in total. The van der Waals surface area contributed by atoms with Gasteiger partial charge in [-0.05, 0) is 115 Å². The van der Waals surface area contributed by atoms with Gasteiger partial charge in [-0.15, -0.1) is 0 Å². The molecule has 8 heterocycles. The van der Waals surface area contributed by atoms with Crippen molar-refractivity contribution in [2.45, 2.75) is 154 Å². The number of benzene rings is 4. The zero-order valence-corrected chi connectivity index (χ0v) is 55.4. The Morgan fingerprint density at radius 3 is 1.10 bits per heavy atom. The number of aromatic amines is 4. The fraction of sp³-hybridized carbons (Fsp3) is 0.406. The molecule has 97 heavy (non-hydrogen) atoms. The summed E-state index contributed by atoms with van der Waals surface area (Å²) in [5.41, 5.74) is 14.5. The van der Waals surface area contributed by atoms with Crippen LogP contribution in [0, 0.1) is 46.2 Å². The highest BCUT2D eigenvalue weighted by Gasteiger charge is 2.35. The number of urea groups is 4. The smallest absolute Gasteiger partial charge is 0.320 e. The lowest BCUT2D eigenvalue weighted by atomic mass is 9.81. The Labute approximate surface area is 564 Å². The summed E-state index contributed by atoms with van der Waals surface area (Å²) in [6.07, 6.45) is 13.7. The lowest BCUT2D eigenvalue weighted by Gasteiger charge is -2.30. The Bertz CT molecular complexity index is 4160. The van der Waals surface area contributed by atoms with Gasteiger partial charge in [0.2, 0.25) is 0 Å². The van der Waals surface area contributed by atoms with E-state index in [0.717, 1.165) is 131 Å². The molecular formula is C69H74BrF6N17O4. The zero-order chi connectivity index (χ0) is 68.2. The third kappa shape index (κ3) is 15.3. The van der Waals surface area contributed by atoms with E-state index in [2.05, 4.69) is 98.8 Å². The van der Waals surface area contributed by atoms with Crippen LogP contribution in [-0.2, 0) is 57.3 Å². The van der Waals surface area contributed by atoms with Crippen LogP contribution in [-0.4, -0.2) is 111 Å². The molecule has 4 aromatic carbocycles. The summed E-state index contributed by atoms with van der Waals surface area (Å²) in [5.74, 6) is -3.22. The fourth-order valence-electron chi connectivity index (χ4n) is 12.8. The van der Waals surface area contributed by atoms with Crippen molar-refractivity contribution in [2.75, 3.05) is 47.4 Å². The highest BCUT2D eigenvalue weighted by atomic mass is 79.9. The molecule has 8 amide bonds. The number of aromatic nitrogens is 8. The molecule has 0 spiro atoms. The van der Waals surface area contributed by atoms with Crippen LogP contribution in [0.4, 0.5) is 68.3 Å². The minimum absolute atomic E-state index is 0.0826. The van der Waals surface area contributed by atoms with E-state index < -0.39 is 29.1 Å². The van der Waals surface area contributed by atoms with Crippen molar-refractivity contribution in [1.29, 1.82) is 5.26 Å². The van der Waals surface area contributed by atoms with Gasteiger partial charge in [-0.2, -0.15) is 25.7 Å². The number of halogens is 7. The number of hydrogen-bond donors (Lipinski definition) is 8. The van der Waals surface area contributed by atoms with Crippen LogP contribution in [0.25, 0.3) is 0 Å². The molecule has 28 heteroatoms. The molecule has 4 aromatic heterocycles. The first kappa shape index (κ1) is 67.3. The molecule has 3 fully saturated rings. The molecule has 0 bridgehead atoms. The number of nitrogens with one attached hydrogen (secondary N) is 8. The van der Waals surface area contributed by atoms with Crippen LogP contribution in [0.3, 0.4) is 0 Å². The van der Waals surface area contributed by atoms with Gasteiger partial charge >= 0.3 is 24.1 Å². The number of amides is 8. The van der Waals surface area contributed by atoms with E-state index in [1.807, 2.05) is 0 Å². The normalized spacial score (nSPS) is 16.5. The number of anilines is 4. The van der Waals surface area contributed by atoms with Gasteiger partial charge in [-0.25, -0.2) is 45.5 Å². The van der Waals surface area contributed by atoms with Gasteiger partial charge in [-0.1, -0.05) is 40.0 Å². The van der Waals surface area contributed by atoms with E-state index in [0.29, 0.717) is 92.4 Å². The summed E-state index contributed by atoms with van der Waals surface area (Å²) in [5, 5.41) is 49.9. The Morgan fingerprint density at radius 1 is 0.454 bits per heavy atom. The van der Waals surface area contributed by atoms with E-state index in [1.54, 1.807) is 37.8 Å². The van der Waals surface area contributed by atoms with Crippen molar-refractivity contribution in [2.24, 2.45) is 0 Å². The maximum Gasteiger partial charge on any atom is 0.322 e. The number of H-pyrrole nitrogens is 4. The fourth-order valence-corrected chi connectivity index (χ4v) is 13.2. The lowest BCUT2D eigenvalue weighted by molar-refractivity contribution is 0.205. The van der Waals surface area contributed by atoms with Crippen LogP contribution in [0.2, 0.25) is 0 Å². The SMILES string of the molecule is CC(C)(C)c1n[nH]c2c1CN(C(=O)Nc1ccc(F)c(F)c1)CC2.N#Cc1cc(NC(=O)N2CCc3[nH]nc(C4CCC4)c3C2)ccc1F.O=C(Nc1ccc(F)c(Br)c1)N1CCc2[nH]nc(C3CCC3)c2C1.O=C(Nc1ccc(F)c(F)c1)N1CCc2[nH]nc(C3CCC3)c2C1.